The van der Waals surface area contributed by atoms with Gasteiger partial charge in [-0.15, -0.1) is 0 Å². The van der Waals surface area contributed by atoms with Gasteiger partial charge in [-0.1, -0.05) is 36.4 Å². The van der Waals surface area contributed by atoms with Gasteiger partial charge in [-0.05, 0) is 47.4 Å². The molecule has 1 amide bonds. The highest BCUT2D eigenvalue weighted by atomic mass is 16.1. The first kappa shape index (κ1) is 19.5. The van der Waals surface area contributed by atoms with Crippen molar-refractivity contribution in [1.29, 1.82) is 0 Å². The molecule has 0 aliphatic rings. The van der Waals surface area contributed by atoms with E-state index in [1.165, 1.54) is 6.92 Å². The summed E-state index contributed by atoms with van der Waals surface area (Å²) in [7, 11) is 0. The number of rotatable bonds is 6. The number of nitrogens with zero attached hydrogens (tertiary/aromatic N) is 3. The van der Waals surface area contributed by atoms with Crippen LogP contribution in [0.4, 0.5) is 5.69 Å². The van der Waals surface area contributed by atoms with E-state index in [1.54, 1.807) is 18.6 Å². The van der Waals surface area contributed by atoms with Crippen molar-refractivity contribution in [2.24, 2.45) is 0 Å². The summed E-state index contributed by atoms with van der Waals surface area (Å²) >= 11 is 0. The number of aromatic nitrogens is 3. The number of carbonyl (C=O) groups is 1. The Labute approximate surface area is 175 Å². The predicted octanol–water partition coefficient (Wildman–Crippen LogP) is 4.87. The van der Waals surface area contributed by atoms with Gasteiger partial charge in [0.25, 0.3) is 0 Å². The lowest BCUT2D eigenvalue weighted by atomic mass is 9.86. The lowest BCUT2D eigenvalue weighted by Crippen LogP contribution is -2.09. The second kappa shape index (κ2) is 9.09. The van der Waals surface area contributed by atoms with E-state index in [1.807, 2.05) is 54.9 Å². The molecule has 0 saturated heterocycles. The molecule has 0 radical (unpaired) electrons. The van der Waals surface area contributed by atoms with Gasteiger partial charge >= 0.3 is 0 Å². The zero-order valence-corrected chi connectivity index (χ0v) is 16.7. The van der Waals surface area contributed by atoms with Gasteiger partial charge in [-0.2, -0.15) is 0 Å². The van der Waals surface area contributed by atoms with Crippen LogP contribution < -0.4 is 5.32 Å². The Kier molecular flexibility index (Phi) is 5.90. The molecule has 0 aliphatic heterocycles. The third-order valence-corrected chi connectivity index (χ3v) is 4.98. The Morgan fingerprint density at radius 1 is 0.867 bits per heavy atom. The van der Waals surface area contributed by atoms with Gasteiger partial charge in [-0.25, -0.2) is 0 Å². The largest absolute Gasteiger partial charge is 0.326 e. The first-order valence-electron chi connectivity index (χ1n) is 9.83. The summed E-state index contributed by atoms with van der Waals surface area (Å²) in [6.07, 6.45) is 9.88. The van der Waals surface area contributed by atoms with E-state index in [9.17, 15) is 4.79 Å². The normalized spacial score (nSPS) is 10.7. The smallest absolute Gasteiger partial charge is 0.221 e. The molecular weight excluding hydrogens is 372 g/mol. The van der Waals surface area contributed by atoms with Gasteiger partial charge in [0.2, 0.25) is 5.91 Å². The third kappa shape index (κ3) is 4.41. The van der Waals surface area contributed by atoms with Crippen LogP contribution in [0.2, 0.25) is 0 Å². The molecule has 0 saturated carbocycles. The molecule has 3 aromatic heterocycles. The summed E-state index contributed by atoms with van der Waals surface area (Å²) in [6.45, 7) is 1.51. The van der Waals surface area contributed by atoms with E-state index in [-0.39, 0.29) is 11.8 Å². The summed E-state index contributed by atoms with van der Waals surface area (Å²) in [6, 6.07) is 19.9. The van der Waals surface area contributed by atoms with Crippen molar-refractivity contribution >= 4 is 11.6 Å². The molecule has 1 N–H and O–H groups in total. The summed E-state index contributed by atoms with van der Waals surface area (Å²) in [5.41, 5.74) is 5.85. The highest BCUT2D eigenvalue weighted by Gasteiger charge is 2.19. The van der Waals surface area contributed by atoms with Crippen LogP contribution in [0.15, 0.2) is 91.6 Å². The van der Waals surface area contributed by atoms with Crippen molar-refractivity contribution in [1.82, 2.24) is 15.0 Å². The van der Waals surface area contributed by atoms with Gasteiger partial charge in [0.15, 0.2) is 0 Å². The van der Waals surface area contributed by atoms with Crippen LogP contribution in [0.1, 0.15) is 29.5 Å². The van der Waals surface area contributed by atoms with Gasteiger partial charge in [-0.3, -0.25) is 19.7 Å². The van der Waals surface area contributed by atoms with Crippen LogP contribution in [0.25, 0.3) is 11.3 Å². The molecule has 4 aromatic rings. The van der Waals surface area contributed by atoms with Crippen molar-refractivity contribution in [2.45, 2.75) is 19.3 Å². The summed E-state index contributed by atoms with van der Waals surface area (Å²) < 4.78 is 0. The van der Waals surface area contributed by atoms with E-state index < -0.39 is 0 Å². The lowest BCUT2D eigenvalue weighted by Gasteiger charge is -2.20. The maximum absolute atomic E-state index is 11.7. The average Bonchev–Trinajstić information content (AvgIpc) is 2.79. The minimum atomic E-state index is -0.108. The third-order valence-electron chi connectivity index (χ3n) is 4.98. The van der Waals surface area contributed by atoms with Crippen LogP contribution in [0, 0.1) is 0 Å². The molecule has 0 spiro atoms. The lowest BCUT2D eigenvalue weighted by molar-refractivity contribution is -0.114. The van der Waals surface area contributed by atoms with Crippen molar-refractivity contribution in [3.63, 3.8) is 0 Å². The van der Waals surface area contributed by atoms with Gasteiger partial charge in [0.05, 0.1) is 11.4 Å². The molecule has 30 heavy (non-hydrogen) atoms. The maximum atomic E-state index is 11.7. The van der Waals surface area contributed by atoms with Gasteiger partial charge in [0.1, 0.15) is 0 Å². The van der Waals surface area contributed by atoms with E-state index >= 15 is 0 Å². The Balaban J connectivity index is 1.78. The number of amides is 1. The minimum Gasteiger partial charge on any atom is -0.326 e. The molecular formula is C25H22N4O. The topological polar surface area (TPSA) is 67.8 Å². The van der Waals surface area contributed by atoms with Crippen molar-refractivity contribution in [3.05, 3.63) is 108 Å². The van der Waals surface area contributed by atoms with Gasteiger partial charge < -0.3 is 5.32 Å². The fraction of sp³-hybridized carbons (Fsp3) is 0.120. The molecule has 148 valence electrons. The monoisotopic (exact) mass is 394 g/mol. The van der Waals surface area contributed by atoms with Crippen LogP contribution in [0.3, 0.4) is 0 Å². The van der Waals surface area contributed by atoms with Crippen LogP contribution in [0.5, 0.6) is 0 Å². The molecule has 0 aliphatic carbocycles. The Morgan fingerprint density at radius 3 is 2.17 bits per heavy atom. The standard InChI is InChI=1S/C25H22N4O/c1-18(30)29-24-11-3-2-10-22(24)25-19(7-6-14-28-25)15-23(20-8-4-12-26-16-20)21-9-5-13-27-17-21/h2-14,16-17,23H,15H2,1H3,(H,29,30). The molecule has 0 atom stereocenters. The predicted molar refractivity (Wildman–Crippen MR) is 118 cm³/mol. The Hall–Kier alpha value is -3.86. The number of pyridine rings is 3. The van der Waals surface area contributed by atoms with Crippen molar-refractivity contribution < 1.29 is 4.79 Å². The Bertz CT molecular complexity index is 1090. The van der Waals surface area contributed by atoms with E-state index in [0.29, 0.717) is 0 Å². The van der Waals surface area contributed by atoms with E-state index in [0.717, 1.165) is 40.1 Å². The molecule has 0 bridgehead atoms. The van der Waals surface area contributed by atoms with Crippen LogP contribution in [-0.2, 0) is 11.2 Å². The summed E-state index contributed by atoms with van der Waals surface area (Å²) in [4.78, 5) is 25.0. The number of benzene rings is 1. The fourth-order valence-corrected chi connectivity index (χ4v) is 3.65. The zero-order chi connectivity index (χ0) is 20.8. The number of anilines is 1. The summed E-state index contributed by atoms with van der Waals surface area (Å²) in [5, 5.41) is 2.92. The number of hydrogen-bond acceptors (Lipinski definition) is 4. The number of carbonyl (C=O) groups excluding carboxylic acids is 1. The Morgan fingerprint density at radius 2 is 1.53 bits per heavy atom. The highest BCUT2D eigenvalue weighted by Crippen LogP contribution is 2.34. The van der Waals surface area contributed by atoms with Crippen LogP contribution >= 0.6 is 0 Å². The zero-order valence-electron chi connectivity index (χ0n) is 16.7. The maximum Gasteiger partial charge on any atom is 0.221 e. The second-order valence-corrected chi connectivity index (χ2v) is 7.07. The SMILES string of the molecule is CC(=O)Nc1ccccc1-c1ncccc1CC(c1cccnc1)c1cccnc1. The molecule has 4 rings (SSSR count). The number of nitrogens with one attached hydrogen (secondary N) is 1. The van der Waals surface area contributed by atoms with Crippen LogP contribution in [-0.4, -0.2) is 20.9 Å². The molecule has 5 nitrogen and oxygen atoms in total. The molecule has 1 aromatic carbocycles. The second-order valence-electron chi connectivity index (χ2n) is 7.07. The average molecular weight is 394 g/mol. The first-order valence-corrected chi connectivity index (χ1v) is 9.83. The van der Waals surface area contributed by atoms with E-state index in [2.05, 4.69) is 38.5 Å². The highest BCUT2D eigenvalue weighted by molar-refractivity contribution is 5.93. The summed E-state index contributed by atoms with van der Waals surface area (Å²) in [5.74, 6) is -0.0215. The molecule has 0 unspecified atom stereocenters. The number of para-hydroxylation sites is 1. The quantitative estimate of drug-likeness (QED) is 0.506. The minimum absolute atomic E-state index is 0.0864. The number of hydrogen-bond donors (Lipinski definition) is 1. The molecule has 0 fully saturated rings. The van der Waals surface area contributed by atoms with Crippen molar-refractivity contribution in [3.8, 4) is 11.3 Å². The molecule has 5 heteroatoms. The molecule has 3 heterocycles. The fourth-order valence-electron chi connectivity index (χ4n) is 3.65. The van der Waals surface area contributed by atoms with Crippen molar-refractivity contribution in [2.75, 3.05) is 5.32 Å². The van der Waals surface area contributed by atoms with E-state index in [4.69, 9.17) is 0 Å². The van der Waals surface area contributed by atoms with Gasteiger partial charge in [0, 0.05) is 49.4 Å². The first-order chi connectivity index (χ1) is 14.7.